The zero-order valence-electron chi connectivity index (χ0n) is 18.6. The Labute approximate surface area is 198 Å². The molecular weight excluding hydrogens is 448 g/mol. The maximum atomic E-state index is 12.9. The SMILES string of the molecule is O=S(=O)(c1ccc(Nc2ncc(/C=C/c3cccc4[nH]ccc34)cn2)cc1)N1CCCNCC1. The third-order valence-electron chi connectivity index (χ3n) is 5.80. The Morgan fingerprint density at radius 1 is 0.941 bits per heavy atom. The molecule has 9 heteroatoms. The van der Waals surface area contributed by atoms with E-state index in [1.807, 2.05) is 30.5 Å². The van der Waals surface area contributed by atoms with Crippen LogP contribution in [0.2, 0.25) is 0 Å². The second kappa shape index (κ2) is 9.76. The van der Waals surface area contributed by atoms with Gasteiger partial charge < -0.3 is 15.6 Å². The molecule has 5 rings (SSSR count). The Morgan fingerprint density at radius 2 is 1.76 bits per heavy atom. The van der Waals surface area contributed by atoms with Crippen LogP contribution in [-0.2, 0) is 10.0 Å². The monoisotopic (exact) mass is 474 g/mol. The van der Waals surface area contributed by atoms with E-state index in [-0.39, 0.29) is 0 Å². The molecule has 2 aromatic heterocycles. The van der Waals surface area contributed by atoms with Crippen molar-refractivity contribution in [1.82, 2.24) is 24.6 Å². The largest absolute Gasteiger partial charge is 0.361 e. The summed E-state index contributed by atoms with van der Waals surface area (Å²) >= 11 is 0. The van der Waals surface area contributed by atoms with E-state index in [2.05, 4.69) is 37.7 Å². The van der Waals surface area contributed by atoms with Gasteiger partial charge in [-0.3, -0.25) is 0 Å². The highest BCUT2D eigenvalue weighted by atomic mass is 32.2. The fourth-order valence-corrected chi connectivity index (χ4v) is 5.46. The molecule has 174 valence electrons. The number of hydrogen-bond acceptors (Lipinski definition) is 6. The maximum Gasteiger partial charge on any atom is 0.243 e. The lowest BCUT2D eigenvalue weighted by Gasteiger charge is -2.19. The highest BCUT2D eigenvalue weighted by Crippen LogP contribution is 2.22. The lowest BCUT2D eigenvalue weighted by molar-refractivity contribution is 0.432. The van der Waals surface area contributed by atoms with E-state index >= 15 is 0 Å². The van der Waals surface area contributed by atoms with Crippen molar-refractivity contribution in [3.05, 3.63) is 78.2 Å². The highest BCUT2D eigenvalue weighted by molar-refractivity contribution is 7.89. The molecule has 0 radical (unpaired) electrons. The first kappa shape index (κ1) is 22.3. The second-order valence-corrected chi connectivity index (χ2v) is 10.1. The van der Waals surface area contributed by atoms with Crippen LogP contribution in [0.3, 0.4) is 0 Å². The minimum Gasteiger partial charge on any atom is -0.361 e. The number of sulfonamides is 1. The quantitative estimate of drug-likeness (QED) is 0.392. The smallest absolute Gasteiger partial charge is 0.243 e. The fraction of sp³-hybridized carbons (Fsp3) is 0.200. The Hall–Kier alpha value is -3.53. The van der Waals surface area contributed by atoms with Crippen LogP contribution >= 0.6 is 0 Å². The first-order chi connectivity index (χ1) is 16.6. The van der Waals surface area contributed by atoms with Crippen LogP contribution in [0.15, 0.2) is 72.0 Å². The predicted molar refractivity (Wildman–Crippen MR) is 135 cm³/mol. The normalized spacial score (nSPS) is 15.5. The Bertz CT molecular complexity index is 1390. The molecule has 0 amide bonds. The van der Waals surface area contributed by atoms with Gasteiger partial charge in [-0.2, -0.15) is 4.31 Å². The van der Waals surface area contributed by atoms with E-state index in [1.54, 1.807) is 41.0 Å². The fourth-order valence-electron chi connectivity index (χ4n) is 3.98. The summed E-state index contributed by atoms with van der Waals surface area (Å²) < 4.78 is 27.4. The van der Waals surface area contributed by atoms with Crippen LogP contribution in [0.4, 0.5) is 11.6 Å². The van der Waals surface area contributed by atoms with Crippen molar-refractivity contribution in [2.75, 3.05) is 31.5 Å². The van der Waals surface area contributed by atoms with Gasteiger partial charge in [0, 0.05) is 60.4 Å². The van der Waals surface area contributed by atoms with E-state index in [4.69, 9.17) is 0 Å². The molecule has 0 bridgehead atoms. The van der Waals surface area contributed by atoms with Crippen LogP contribution in [0.25, 0.3) is 23.1 Å². The third kappa shape index (κ3) is 4.86. The van der Waals surface area contributed by atoms with Gasteiger partial charge in [0.25, 0.3) is 0 Å². The van der Waals surface area contributed by atoms with E-state index in [0.29, 0.717) is 30.5 Å². The van der Waals surface area contributed by atoms with Crippen molar-refractivity contribution < 1.29 is 8.42 Å². The molecule has 1 saturated heterocycles. The van der Waals surface area contributed by atoms with Crippen molar-refractivity contribution in [2.24, 2.45) is 0 Å². The van der Waals surface area contributed by atoms with Gasteiger partial charge in [0.1, 0.15) is 0 Å². The zero-order chi connectivity index (χ0) is 23.4. The molecular formula is C25H26N6O2S. The van der Waals surface area contributed by atoms with Gasteiger partial charge in [-0.1, -0.05) is 24.3 Å². The number of nitrogens with zero attached hydrogens (tertiary/aromatic N) is 3. The molecule has 0 atom stereocenters. The molecule has 3 N–H and O–H groups in total. The molecule has 0 unspecified atom stereocenters. The number of anilines is 2. The lowest BCUT2D eigenvalue weighted by Crippen LogP contribution is -2.34. The second-order valence-electron chi connectivity index (χ2n) is 8.12. The zero-order valence-corrected chi connectivity index (χ0v) is 19.4. The molecule has 1 aliphatic rings. The van der Waals surface area contributed by atoms with Crippen molar-refractivity contribution >= 4 is 44.7 Å². The van der Waals surface area contributed by atoms with Crippen molar-refractivity contribution in [3.8, 4) is 0 Å². The first-order valence-corrected chi connectivity index (χ1v) is 12.7. The van der Waals surface area contributed by atoms with Crippen LogP contribution in [0.5, 0.6) is 0 Å². The number of hydrogen-bond donors (Lipinski definition) is 3. The molecule has 34 heavy (non-hydrogen) atoms. The van der Waals surface area contributed by atoms with Gasteiger partial charge in [0.2, 0.25) is 16.0 Å². The van der Waals surface area contributed by atoms with Gasteiger partial charge in [-0.25, -0.2) is 18.4 Å². The summed E-state index contributed by atoms with van der Waals surface area (Å²) in [5, 5.41) is 7.52. The standard InChI is InChI=1S/C25H26N6O2S/c32-34(33,31-15-2-12-26-14-16-31)22-9-7-21(8-10-22)30-25-28-17-19(18-29-25)5-6-20-3-1-4-24-23(20)11-13-27-24/h1,3-11,13,17-18,26-27H,2,12,14-16H2,(H,28,29,30)/b6-5+. The number of rotatable bonds is 6. The first-order valence-electron chi connectivity index (χ1n) is 11.2. The summed E-state index contributed by atoms with van der Waals surface area (Å²) in [7, 11) is -3.50. The minimum absolute atomic E-state index is 0.291. The van der Waals surface area contributed by atoms with E-state index < -0.39 is 10.0 Å². The Balaban J connectivity index is 1.25. The molecule has 0 saturated carbocycles. The molecule has 0 spiro atoms. The lowest BCUT2D eigenvalue weighted by atomic mass is 10.1. The predicted octanol–water partition coefficient (Wildman–Crippen LogP) is 3.86. The minimum atomic E-state index is -3.50. The molecule has 8 nitrogen and oxygen atoms in total. The molecule has 0 aliphatic carbocycles. The molecule has 2 aromatic carbocycles. The van der Waals surface area contributed by atoms with Crippen LogP contribution < -0.4 is 10.6 Å². The van der Waals surface area contributed by atoms with E-state index in [0.717, 1.165) is 40.7 Å². The molecule has 1 fully saturated rings. The van der Waals surface area contributed by atoms with Gasteiger partial charge in [-0.05, 0) is 54.9 Å². The number of H-pyrrole nitrogens is 1. The molecule has 3 heterocycles. The summed E-state index contributed by atoms with van der Waals surface area (Å²) in [4.78, 5) is 12.3. The Morgan fingerprint density at radius 3 is 2.59 bits per heavy atom. The van der Waals surface area contributed by atoms with Gasteiger partial charge in [-0.15, -0.1) is 0 Å². The van der Waals surface area contributed by atoms with Crippen molar-refractivity contribution in [3.63, 3.8) is 0 Å². The van der Waals surface area contributed by atoms with Crippen LogP contribution in [0, 0.1) is 0 Å². The van der Waals surface area contributed by atoms with E-state index in [9.17, 15) is 8.42 Å². The van der Waals surface area contributed by atoms with Gasteiger partial charge >= 0.3 is 0 Å². The maximum absolute atomic E-state index is 12.9. The Kier molecular flexibility index (Phi) is 6.39. The average molecular weight is 475 g/mol. The highest BCUT2D eigenvalue weighted by Gasteiger charge is 2.24. The topological polar surface area (TPSA) is 103 Å². The summed E-state index contributed by atoms with van der Waals surface area (Å²) in [5.74, 6) is 0.444. The third-order valence-corrected chi connectivity index (χ3v) is 7.72. The number of fused-ring (bicyclic) bond motifs is 1. The number of aromatic nitrogens is 3. The van der Waals surface area contributed by atoms with Crippen LogP contribution in [-0.4, -0.2) is 53.9 Å². The summed E-state index contributed by atoms with van der Waals surface area (Å²) in [6.07, 6.45) is 10.2. The molecule has 1 aliphatic heterocycles. The number of aromatic amines is 1. The summed E-state index contributed by atoms with van der Waals surface area (Å²) in [5.41, 5.74) is 3.82. The van der Waals surface area contributed by atoms with Crippen molar-refractivity contribution in [2.45, 2.75) is 11.3 Å². The average Bonchev–Trinajstić information content (AvgIpc) is 3.17. The van der Waals surface area contributed by atoms with Crippen LogP contribution in [0.1, 0.15) is 17.5 Å². The van der Waals surface area contributed by atoms with Crippen molar-refractivity contribution in [1.29, 1.82) is 0 Å². The van der Waals surface area contributed by atoms with Gasteiger partial charge in [0.05, 0.1) is 4.90 Å². The van der Waals surface area contributed by atoms with E-state index in [1.165, 1.54) is 0 Å². The number of benzene rings is 2. The summed E-state index contributed by atoms with van der Waals surface area (Å²) in [6, 6.07) is 14.9. The van der Waals surface area contributed by atoms with Gasteiger partial charge in [0.15, 0.2) is 0 Å². The number of nitrogens with one attached hydrogen (secondary N) is 3. The molecule has 4 aromatic rings. The summed E-state index contributed by atoms with van der Waals surface area (Å²) in [6.45, 7) is 2.53.